The van der Waals surface area contributed by atoms with Gasteiger partial charge in [-0.2, -0.15) is 0 Å². The molecule has 0 bridgehead atoms. The molecule has 1 aliphatic heterocycles. The summed E-state index contributed by atoms with van der Waals surface area (Å²) >= 11 is 0. The molecule has 0 aromatic carbocycles. The lowest BCUT2D eigenvalue weighted by Crippen LogP contribution is -2.55. The van der Waals surface area contributed by atoms with E-state index in [9.17, 15) is 9.59 Å². The van der Waals surface area contributed by atoms with Crippen LogP contribution in [-0.2, 0) is 9.59 Å². The Morgan fingerprint density at radius 2 is 2.06 bits per heavy atom. The minimum atomic E-state index is -0.523. The Balaban J connectivity index is 0.00000289. The molecule has 1 saturated heterocycles. The molecule has 0 saturated carbocycles. The molecule has 0 spiro atoms. The standard InChI is InChI=1S/C12H23N3O2.ClH/c1-12(2,3)10(13)11(17)14-8-5-6-9(16)15(4)7-8;/h8,10H,5-7,13H2,1-4H3,(H,14,17);1H/t8?,10-;/m1./s1. The summed E-state index contributed by atoms with van der Waals surface area (Å²) < 4.78 is 0. The van der Waals surface area contributed by atoms with Gasteiger partial charge in [0.15, 0.2) is 0 Å². The molecule has 3 N–H and O–H groups in total. The molecule has 6 heteroatoms. The molecule has 1 fully saturated rings. The Kier molecular flexibility index (Phi) is 6.10. The maximum Gasteiger partial charge on any atom is 0.237 e. The number of nitrogens with two attached hydrogens (primary N) is 1. The maximum atomic E-state index is 11.9. The van der Waals surface area contributed by atoms with Gasteiger partial charge >= 0.3 is 0 Å². The second-order valence-electron chi connectivity index (χ2n) is 5.86. The van der Waals surface area contributed by atoms with Crippen molar-refractivity contribution in [1.29, 1.82) is 0 Å². The van der Waals surface area contributed by atoms with Gasteiger partial charge in [-0.05, 0) is 11.8 Å². The molecular weight excluding hydrogens is 254 g/mol. The molecule has 2 amide bonds. The average molecular weight is 278 g/mol. The summed E-state index contributed by atoms with van der Waals surface area (Å²) in [5.41, 5.74) is 5.63. The van der Waals surface area contributed by atoms with Crippen LogP contribution in [0.15, 0.2) is 0 Å². The third-order valence-electron chi connectivity index (χ3n) is 3.19. The number of carbonyl (C=O) groups is 2. The lowest BCUT2D eigenvalue weighted by atomic mass is 9.86. The van der Waals surface area contributed by atoms with Gasteiger partial charge in [0.2, 0.25) is 11.8 Å². The number of halogens is 1. The van der Waals surface area contributed by atoms with Crippen molar-refractivity contribution in [3.8, 4) is 0 Å². The zero-order valence-electron chi connectivity index (χ0n) is 11.5. The first-order valence-electron chi connectivity index (χ1n) is 6.01. The molecule has 0 aromatic rings. The fourth-order valence-corrected chi connectivity index (χ4v) is 1.81. The van der Waals surface area contributed by atoms with Gasteiger partial charge in [0.05, 0.1) is 6.04 Å². The van der Waals surface area contributed by atoms with E-state index in [1.54, 1.807) is 11.9 Å². The quantitative estimate of drug-likeness (QED) is 0.773. The summed E-state index contributed by atoms with van der Waals surface area (Å²) in [6, 6.07) is -0.496. The number of hydrogen-bond acceptors (Lipinski definition) is 3. The van der Waals surface area contributed by atoms with Gasteiger partial charge in [-0.3, -0.25) is 9.59 Å². The van der Waals surface area contributed by atoms with Crippen LogP contribution in [0.2, 0.25) is 0 Å². The molecule has 0 radical (unpaired) electrons. The van der Waals surface area contributed by atoms with E-state index in [1.807, 2.05) is 20.8 Å². The third kappa shape index (κ3) is 4.46. The summed E-state index contributed by atoms with van der Waals surface area (Å²) in [6.07, 6.45) is 1.19. The number of carbonyl (C=O) groups excluding carboxylic acids is 2. The van der Waals surface area contributed by atoms with Gasteiger partial charge in [0.25, 0.3) is 0 Å². The van der Waals surface area contributed by atoms with Gasteiger partial charge in [-0.15, -0.1) is 12.4 Å². The zero-order chi connectivity index (χ0) is 13.2. The first-order valence-corrected chi connectivity index (χ1v) is 6.01. The first kappa shape index (κ1) is 17.2. The van der Waals surface area contributed by atoms with Crippen molar-refractivity contribution in [3.63, 3.8) is 0 Å². The van der Waals surface area contributed by atoms with Gasteiger partial charge in [-0.1, -0.05) is 20.8 Å². The highest BCUT2D eigenvalue weighted by atomic mass is 35.5. The van der Waals surface area contributed by atoms with Gasteiger partial charge in [-0.25, -0.2) is 0 Å². The van der Waals surface area contributed by atoms with Crippen LogP contribution in [0, 0.1) is 5.41 Å². The zero-order valence-corrected chi connectivity index (χ0v) is 12.3. The Morgan fingerprint density at radius 1 is 1.50 bits per heavy atom. The number of nitrogens with zero attached hydrogens (tertiary/aromatic N) is 1. The number of piperidine rings is 1. The van der Waals surface area contributed by atoms with Crippen LogP contribution in [0.1, 0.15) is 33.6 Å². The van der Waals surface area contributed by atoms with E-state index in [2.05, 4.69) is 5.32 Å². The highest BCUT2D eigenvalue weighted by Crippen LogP contribution is 2.18. The van der Waals surface area contributed by atoms with Crippen molar-refractivity contribution in [3.05, 3.63) is 0 Å². The van der Waals surface area contributed by atoms with Gasteiger partial charge < -0.3 is 16.0 Å². The smallest absolute Gasteiger partial charge is 0.237 e. The van der Waals surface area contributed by atoms with Crippen molar-refractivity contribution in [1.82, 2.24) is 10.2 Å². The number of amides is 2. The van der Waals surface area contributed by atoms with E-state index < -0.39 is 6.04 Å². The van der Waals surface area contributed by atoms with Crippen molar-refractivity contribution in [2.24, 2.45) is 11.1 Å². The monoisotopic (exact) mass is 277 g/mol. The molecule has 1 rings (SSSR count). The van der Waals surface area contributed by atoms with Crippen LogP contribution < -0.4 is 11.1 Å². The highest BCUT2D eigenvalue weighted by Gasteiger charge is 2.30. The number of nitrogens with one attached hydrogen (secondary N) is 1. The number of rotatable bonds is 2. The third-order valence-corrected chi connectivity index (χ3v) is 3.19. The molecule has 5 nitrogen and oxygen atoms in total. The second-order valence-corrected chi connectivity index (χ2v) is 5.86. The summed E-state index contributed by atoms with van der Waals surface area (Å²) in [7, 11) is 1.75. The largest absolute Gasteiger partial charge is 0.350 e. The van der Waals surface area contributed by atoms with E-state index in [0.29, 0.717) is 19.4 Å². The normalized spacial score (nSPS) is 22.2. The van der Waals surface area contributed by atoms with Gasteiger partial charge in [0, 0.05) is 26.1 Å². The predicted octanol–water partition coefficient (Wildman–Crippen LogP) is 0.519. The molecule has 1 aliphatic rings. The molecule has 0 aliphatic carbocycles. The summed E-state index contributed by atoms with van der Waals surface area (Å²) in [5.74, 6) is 0.000804. The van der Waals surface area contributed by atoms with Crippen LogP contribution in [0.4, 0.5) is 0 Å². The van der Waals surface area contributed by atoms with E-state index in [1.165, 1.54) is 0 Å². The molecule has 1 unspecified atom stereocenters. The lowest BCUT2D eigenvalue weighted by molar-refractivity contribution is -0.134. The van der Waals surface area contributed by atoms with Crippen molar-refractivity contribution in [2.45, 2.75) is 45.7 Å². The summed E-state index contributed by atoms with van der Waals surface area (Å²) in [6.45, 7) is 6.39. The van der Waals surface area contributed by atoms with Crippen LogP contribution in [0.3, 0.4) is 0 Å². The van der Waals surface area contributed by atoms with Crippen LogP contribution in [0.25, 0.3) is 0 Å². The van der Waals surface area contributed by atoms with Gasteiger partial charge in [0.1, 0.15) is 0 Å². The van der Waals surface area contributed by atoms with E-state index >= 15 is 0 Å². The average Bonchev–Trinajstić information content (AvgIpc) is 2.21. The topological polar surface area (TPSA) is 75.4 Å². The molecule has 18 heavy (non-hydrogen) atoms. The van der Waals surface area contributed by atoms with Crippen LogP contribution in [-0.4, -0.2) is 42.4 Å². The van der Waals surface area contributed by atoms with Crippen molar-refractivity contribution in [2.75, 3.05) is 13.6 Å². The second kappa shape index (κ2) is 6.38. The summed E-state index contributed by atoms with van der Waals surface area (Å²) in [4.78, 5) is 24.9. The minimum Gasteiger partial charge on any atom is -0.350 e. The minimum absolute atomic E-state index is 0. The maximum absolute atomic E-state index is 11.9. The number of likely N-dealkylation sites (N-methyl/N-ethyl adjacent to an activating group) is 1. The van der Waals surface area contributed by atoms with E-state index in [0.717, 1.165) is 0 Å². The molecular formula is C12H24ClN3O2. The fraction of sp³-hybridized carbons (Fsp3) is 0.833. The molecule has 2 atom stereocenters. The Hall–Kier alpha value is -0.810. The SMILES string of the molecule is CN1CC(NC(=O)[C@@H](N)C(C)(C)C)CCC1=O.Cl. The molecule has 106 valence electrons. The Bertz CT molecular complexity index is 315. The number of hydrogen-bond donors (Lipinski definition) is 2. The Morgan fingerprint density at radius 3 is 2.50 bits per heavy atom. The van der Waals surface area contributed by atoms with E-state index in [4.69, 9.17) is 5.73 Å². The van der Waals surface area contributed by atoms with E-state index in [-0.39, 0.29) is 35.7 Å². The predicted molar refractivity (Wildman–Crippen MR) is 73.5 cm³/mol. The molecule has 1 heterocycles. The highest BCUT2D eigenvalue weighted by molar-refractivity contribution is 5.85. The Labute approximate surface area is 115 Å². The van der Waals surface area contributed by atoms with Crippen molar-refractivity contribution < 1.29 is 9.59 Å². The van der Waals surface area contributed by atoms with Crippen LogP contribution in [0.5, 0.6) is 0 Å². The lowest BCUT2D eigenvalue weighted by Gasteiger charge is -2.33. The molecule has 0 aromatic heterocycles. The summed E-state index contributed by atoms with van der Waals surface area (Å²) in [5, 5.41) is 2.92. The van der Waals surface area contributed by atoms with Crippen molar-refractivity contribution >= 4 is 24.2 Å². The van der Waals surface area contributed by atoms with Crippen LogP contribution >= 0.6 is 12.4 Å². The number of likely N-dealkylation sites (tertiary alicyclic amines) is 1. The fourth-order valence-electron chi connectivity index (χ4n) is 1.81. The first-order chi connectivity index (χ1) is 7.71.